The van der Waals surface area contributed by atoms with Gasteiger partial charge in [0.25, 0.3) is 5.89 Å². The monoisotopic (exact) mass is 328 g/mol. The van der Waals surface area contributed by atoms with Gasteiger partial charge in [0.05, 0.1) is 11.7 Å². The lowest BCUT2D eigenvalue weighted by atomic mass is 10.1. The highest BCUT2D eigenvalue weighted by Crippen LogP contribution is 2.34. The van der Waals surface area contributed by atoms with Crippen LogP contribution in [0.3, 0.4) is 0 Å². The number of aryl methyl sites for hydroxylation is 3. The van der Waals surface area contributed by atoms with Crippen molar-refractivity contribution in [3.8, 4) is 11.7 Å². The fourth-order valence-corrected chi connectivity index (χ4v) is 3.29. The summed E-state index contributed by atoms with van der Waals surface area (Å²) < 4.78 is 16.3. The molecular weight excluding hydrogens is 308 g/mol. The zero-order valence-electron chi connectivity index (χ0n) is 14.1. The highest BCUT2D eigenvalue weighted by molar-refractivity contribution is 5.45. The first-order valence-electron chi connectivity index (χ1n) is 8.18. The van der Waals surface area contributed by atoms with Crippen LogP contribution in [0.4, 0.5) is 0 Å². The molecule has 24 heavy (non-hydrogen) atoms. The lowest BCUT2D eigenvalue weighted by Gasteiger charge is -2.21. The third kappa shape index (κ3) is 2.65. The first kappa shape index (κ1) is 15.1. The highest BCUT2D eigenvalue weighted by atomic mass is 16.6. The van der Waals surface area contributed by atoms with Crippen LogP contribution in [0.2, 0.25) is 0 Å². The molecule has 0 aromatic carbocycles. The van der Waals surface area contributed by atoms with E-state index in [0.29, 0.717) is 18.2 Å². The van der Waals surface area contributed by atoms with Crippen LogP contribution in [0.1, 0.15) is 47.5 Å². The maximum atomic E-state index is 5.80. The second-order valence-electron chi connectivity index (χ2n) is 6.30. The first-order chi connectivity index (χ1) is 11.6. The van der Waals surface area contributed by atoms with E-state index in [1.54, 1.807) is 0 Å². The van der Waals surface area contributed by atoms with E-state index in [-0.39, 0.29) is 6.04 Å². The van der Waals surface area contributed by atoms with Gasteiger partial charge in [-0.3, -0.25) is 4.90 Å². The molecule has 126 valence electrons. The van der Waals surface area contributed by atoms with Crippen LogP contribution in [-0.4, -0.2) is 26.7 Å². The molecule has 0 saturated carbocycles. The van der Waals surface area contributed by atoms with Gasteiger partial charge in [0.2, 0.25) is 0 Å². The standard InChI is InChI=1S/C17H20N4O3/c1-10-6-7-15(22-10)17-18-13(12(3)23-17)9-21-8-4-5-14(21)16-11(2)19-24-20-16/h6-7,14H,4-5,8-9H2,1-3H3. The molecule has 0 N–H and O–H groups in total. The molecule has 0 radical (unpaired) electrons. The van der Waals surface area contributed by atoms with E-state index in [4.69, 9.17) is 13.5 Å². The summed E-state index contributed by atoms with van der Waals surface area (Å²) in [6, 6.07) is 4.01. The maximum Gasteiger partial charge on any atom is 0.263 e. The van der Waals surface area contributed by atoms with Crippen molar-refractivity contribution in [2.45, 2.75) is 46.2 Å². The van der Waals surface area contributed by atoms with Gasteiger partial charge >= 0.3 is 0 Å². The molecule has 1 unspecified atom stereocenters. The summed E-state index contributed by atoms with van der Waals surface area (Å²) in [5.41, 5.74) is 2.71. The van der Waals surface area contributed by atoms with Gasteiger partial charge in [0, 0.05) is 6.54 Å². The molecule has 4 rings (SSSR count). The van der Waals surface area contributed by atoms with Crippen LogP contribution >= 0.6 is 0 Å². The Morgan fingerprint density at radius 1 is 1.17 bits per heavy atom. The molecule has 1 atom stereocenters. The molecule has 3 aromatic heterocycles. The fourth-order valence-electron chi connectivity index (χ4n) is 3.29. The van der Waals surface area contributed by atoms with E-state index in [9.17, 15) is 0 Å². The number of likely N-dealkylation sites (tertiary alicyclic amines) is 1. The minimum absolute atomic E-state index is 0.224. The Morgan fingerprint density at radius 3 is 2.75 bits per heavy atom. The van der Waals surface area contributed by atoms with Gasteiger partial charge < -0.3 is 8.83 Å². The number of hydrogen-bond donors (Lipinski definition) is 0. The molecule has 4 heterocycles. The summed E-state index contributed by atoms with van der Waals surface area (Å²) in [6.45, 7) is 7.49. The lowest BCUT2D eigenvalue weighted by molar-refractivity contribution is 0.228. The SMILES string of the molecule is Cc1ccc(-c2nc(CN3CCCC3c3nonc3C)c(C)o2)o1. The summed E-state index contributed by atoms with van der Waals surface area (Å²) in [4.78, 5) is 6.99. The van der Waals surface area contributed by atoms with E-state index in [2.05, 4.69) is 20.2 Å². The molecule has 7 nitrogen and oxygen atoms in total. The molecule has 3 aromatic rings. The van der Waals surface area contributed by atoms with Crippen molar-refractivity contribution in [2.75, 3.05) is 6.54 Å². The topological polar surface area (TPSA) is 81.3 Å². The average Bonchev–Trinajstić information content (AvgIpc) is 3.30. The second kappa shape index (κ2) is 5.90. The number of furan rings is 1. The maximum absolute atomic E-state index is 5.80. The van der Waals surface area contributed by atoms with Crippen molar-refractivity contribution >= 4 is 0 Å². The Balaban J connectivity index is 1.57. The van der Waals surface area contributed by atoms with Gasteiger partial charge in [-0.05, 0) is 52.3 Å². The Bertz CT molecular complexity index is 848. The van der Waals surface area contributed by atoms with Crippen LogP contribution in [-0.2, 0) is 6.54 Å². The number of oxazole rings is 1. The minimum atomic E-state index is 0.224. The van der Waals surface area contributed by atoms with E-state index < -0.39 is 0 Å². The van der Waals surface area contributed by atoms with Gasteiger partial charge in [-0.2, -0.15) is 0 Å². The molecule has 1 saturated heterocycles. The van der Waals surface area contributed by atoms with E-state index in [1.165, 1.54) is 0 Å². The fraction of sp³-hybridized carbons (Fsp3) is 0.471. The summed E-state index contributed by atoms with van der Waals surface area (Å²) in [6.07, 6.45) is 2.17. The van der Waals surface area contributed by atoms with Crippen molar-refractivity contribution in [3.05, 3.63) is 40.7 Å². The predicted octanol–water partition coefficient (Wildman–Crippen LogP) is 3.58. The number of nitrogens with zero attached hydrogens (tertiary/aromatic N) is 4. The third-order valence-corrected chi connectivity index (χ3v) is 4.56. The molecule has 0 spiro atoms. The Hall–Kier alpha value is -2.41. The van der Waals surface area contributed by atoms with Crippen LogP contribution in [0.15, 0.2) is 25.6 Å². The molecule has 1 aliphatic heterocycles. The smallest absolute Gasteiger partial charge is 0.263 e. The van der Waals surface area contributed by atoms with Crippen molar-refractivity contribution in [1.82, 2.24) is 20.2 Å². The third-order valence-electron chi connectivity index (χ3n) is 4.56. The van der Waals surface area contributed by atoms with Crippen molar-refractivity contribution < 1.29 is 13.5 Å². The Morgan fingerprint density at radius 2 is 2.04 bits per heavy atom. The summed E-state index contributed by atoms with van der Waals surface area (Å²) in [5.74, 6) is 2.86. The zero-order valence-corrected chi connectivity index (χ0v) is 14.1. The molecule has 1 fully saturated rings. The van der Waals surface area contributed by atoms with E-state index in [1.807, 2.05) is 32.9 Å². The predicted molar refractivity (Wildman–Crippen MR) is 85.1 cm³/mol. The largest absolute Gasteiger partial charge is 0.456 e. The van der Waals surface area contributed by atoms with Gasteiger partial charge in [-0.25, -0.2) is 9.61 Å². The Labute approximate surface area is 139 Å². The van der Waals surface area contributed by atoms with Gasteiger partial charge in [-0.1, -0.05) is 10.3 Å². The van der Waals surface area contributed by atoms with Crippen molar-refractivity contribution in [1.29, 1.82) is 0 Å². The molecular formula is C17H20N4O3. The van der Waals surface area contributed by atoms with E-state index >= 15 is 0 Å². The van der Waals surface area contributed by atoms with Gasteiger partial charge in [-0.15, -0.1) is 0 Å². The van der Waals surface area contributed by atoms with Crippen molar-refractivity contribution in [2.24, 2.45) is 0 Å². The summed E-state index contributed by atoms with van der Waals surface area (Å²) in [5, 5.41) is 7.99. The van der Waals surface area contributed by atoms with E-state index in [0.717, 1.165) is 48.0 Å². The van der Waals surface area contributed by atoms with Crippen molar-refractivity contribution in [3.63, 3.8) is 0 Å². The number of rotatable bonds is 4. The number of hydrogen-bond acceptors (Lipinski definition) is 7. The second-order valence-corrected chi connectivity index (χ2v) is 6.30. The van der Waals surface area contributed by atoms with Crippen LogP contribution < -0.4 is 0 Å². The summed E-state index contributed by atoms with van der Waals surface area (Å²) >= 11 is 0. The first-order valence-corrected chi connectivity index (χ1v) is 8.18. The van der Waals surface area contributed by atoms with Crippen LogP contribution in [0.25, 0.3) is 11.7 Å². The van der Waals surface area contributed by atoms with Gasteiger partial charge in [0.1, 0.15) is 22.9 Å². The highest BCUT2D eigenvalue weighted by Gasteiger charge is 2.31. The average molecular weight is 328 g/mol. The molecule has 0 amide bonds. The molecule has 0 aliphatic carbocycles. The molecule has 1 aliphatic rings. The lowest BCUT2D eigenvalue weighted by Crippen LogP contribution is -2.24. The Kier molecular flexibility index (Phi) is 3.72. The van der Waals surface area contributed by atoms with Gasteiger partial charge in [0.15, 0.2) is 5.76 Å². The normalized spacial score (nSPS) is 18.5. The molecule has 0 bridgehead atoms. The number of aromatic nitrogens is 3. The van der Waals surface area contributed by atoms with Crippen LogP contribution in [0, 0.1) is 20.8 Å². The summed E-state index contributed by atoms with van der Waals surface area (Å²) in [7, 11) is 0. The molecule has 7 heteroatoms. The minimum Gasteiger partial charge on any atom is -0.456 e. The van der Waals surface area contributed by atoms with Crippen LogP contribution in [0.5, 0.6) is 0 Å². The quantitative estimate of drug-likeness (QED) is 0.724. The zero-order chi connectivity index (χ0) is 16.7.